The van der Waals surface area contributed by atoms with Crippen LogP contribution >= 0.6 is 0 Å². The largest absolute Gasteiger partial charge is 0.465 e. The van der Waals surface area contributed by atoms with Crippen molar-refractivity contribution < 1.29 is 38.1 Å². The fraction of sp³-hybridized carbons (Fsp3) is 0.420. The molecular weight excluding hydrogens is 1240 g/mol. The summed E-state index contributed by atoms with van der Waals surface area (Å²) in [5.41, 5.74) is 14.8. The van der Waals surface area contributed by atoms with Gasteiger partial charge in [0.25, 0.3) is 0 Å². The second-order valence-corrected chi connectivity index (χ2v) is 28.2. The number of anilines is 3. The van der Waals surface area contributed by atoms with E-state index in [1.165, 1.54) is 39.2 Å². The third-order valence-electron chi connectivity index (χ3n) is 17.3. The van der Waals surface area contributed by atoms with E-state index in [9.17, 15) is 19.2 Å². The molecule has 100 heavy (non-hydrogen) atoms. The zero-order chi connectivity index (χ0) is 72.9. The van der Waals surface area contributed by atoms with Crippen LogP contribution < -0.4 is 14.7 Å². The Morgan fingerprint density at radius 3 is 0.960 bits per heavy atom. The number of benzene rings is 7. The molecule has 0 aliphatic rings. The van der Waals surface area contributed by atoms with E-state index < -0.39 is 0 Å². The van der Waals surface area contributed by atoms with E-state index >= 15 is 0 Å². The molecule has 0 aliphatic carbocycles. The third kappa shape index (κ3) is 30.6. The molecular formula is C88H116N4O8. The molecule has 0 N–H and O–H groups in total. The summed E-state index contributed by atoms with van der Waals surface area (Å²) in [5, 5.41) is 0. The number of aromatic nitrogens is 1. The van der Waals surface area contributed by atoms with Gasteiger partial charge in [-0.15, -0.1) is 0 Å². The lowest BCUT2D eigenvalue weighted by atomic mass is 9.97. The smallest absolute Gasteiger partial charge is 0.313 e. The van der Waals surface area contributed by atoms with Gasteiger partial charge in [-0.2, -0.15) is 0 Å². The molecule has 0 radical (unpaired) electrons. The highest BCUT2D eigenvalue weighted by molar-refractivity contribution is 5.79. The van der Waals surface area contributed by atoms with Gasteiger partial charge in [-0.05, 0) is 182 Å². The molecule has 0 fully saturated rings. The Bertz CT molecular complexity index is 3560. The van der Waals surface area contributed by atoms with Gasteiger partial charge in [0.1, 0.15) is 6.61 Å². The average Bonchev–Trinajstić information content (AvgIpc) is 0.904. The SMILES string of the molecule is CC(C)Cc1ccc(C(C)C(=O)OCCCN(C)c2ccccc2)cc1.CC(C)Cc1ccc(C(C)C(=O)OCCN(C)c2ccccc2)cc1.CC(C)Cc1ccc(C(C)C(=O)OCCc2ccc(N(C)C)cc2)cc1.CC(C)Cc1ccc(C(C)C(=O)OCCc2ccccn2)cc1. The van der Waals surface area contributed by atoms with Crippen molar-refractivity contribution in [2.45, 2.75) is 152 Å². The Morgan fingerprint density at radius 2 is 0.630 bits per heavy atom. The molecule has 8 rings (SSSR count). The van der Waals surface area contributed by atoms with E-state index in [0.717, 1.165) is 78.7 Å². The second kappa shape index (κ2) is 44.2. The molecule has 1 aromatic heterocycles. The Morgan fingerprint density at radius 1 is 0.320 bits per heavy atom. The minimum atomic E-state index is -0.244. The van der Waals surface area contributed by atoms with Gasteiger partial charge in [-0.3, -0.25) is 24.2 Å². The Balaban J connectivity index is 0.000000241. The van der Waals surface area contributed by atoms with Gasteiger partial charge in [-0.25, -0.2) is 0 Å². The monoisotopic (exact) mass is 1360 g/mol. The summed E-state index contributed by atoms with van der Waals surface area (Å²) in [7, 11) is 8.10. The molecule has 1 heterocycles. The lowest BCUT2D eigenvalue weighted by molar-refractivity contribution is -0.145. The van der Waals surface area contributed by atoms with Crippen molar-refractivity contribution in [2.24, 2.45) is 23.7 Å². The molecule has 4 atom stereocenters. The maximum Gasteiger partial charge on any atom is 0.313 e. The van der Waals surface area contributed by atoms with Gasteiger partial charge < -0.3 is 33.6 Å². The van der Waals surface area contributed by atoms with Gasteiger partial charge >= 0.3 is 23.9 Å². The van der Waals surface area contributed by atoms with Crippen LogP contribution in [0.3, 0.4) is 0 Å². The van der Waals surface area contributed by atoms with Crippen molar-refractivity contribution >= 4 is 40.9 Å². The van der Waals surface area contributed by atoms with Crippen molar-refractivity contribution in [2.75, 3.05) is 82.4 Å². The van der Waals surface area contributed by atoms with Gasteiger partial charge in [0.2, 0.25) is 0 Å². The summed E-state index contributed by atoms with van der Waals surface area (Å²) in [6.45, 7) is 28.4. The van der Waals surface area contributed by atoms with Crippen LogP contribution in [0.25, 0.3) is 0 Å². The van der Waals surface area contributed by atoms with Gasteiger partial charge in [0.15, 0.2) is 0 Å². The first kappa shape index (κ1) is 81.6. The van der Waals surface area contributed by atoms with Crippen molar-refractivity contribution in [3.8, 4) is 0 Å². The maximum absolute atomic E-state index is 12.3. The molecule has 0 saturated carbocycles. The molecule has 536 valence electrons. The first-order chi connectivity index (χ1) is 47.9. The van der Waals surface area contributed by atoms with Crippen LogP contribution in [0.4, 0.5) is 17.1 Å². The van der Waals surface area contributed by atoms with Crippen LogP contribution in [-0.4, -0.2) is 96.6 Å². The first-order valence-electron chi connectivity index (χ1n) is 36.1. The van der Waals surface area contributed by atoms with E-state index in [2.05, 4.69) is 167 Å². The van der Waals surface area contributed by atoms with Gasteiger partial charge in [-0.1, -0.05) is 207 Å². The van der Waals surface area contributed by atoms with Crippen LogP contribution in [0.1, 0.15) is 169 Å². The zero-order valence-electron chi connectivity index (χ0n) is 63.0. The maximum atomic E-state index is 12.3. The van der Waals surface area contributed by atoms with E-state index in [1.54, 1.807) is 6.20 Å². The van der Waals surface area contributed by atoms with Crippen LogP contribution in [-0.2, 0) is 76.7 Å². The minimum Gasteiger partial charge on any atom is -0.465 e. The van der Waals surface area contributed by atoms with E-state index in [0.29, 0.717) is 63.1 Å². The Labute approximate surface area is 600 Å². The van der Waals surface area contributed by atoms with Crippen molar-refractivity contribution in [3.05, 3.63) is 262 Å². The quantitative estimate of drug-likeness (QED) is 0.0226. The summed E-state index contributed by atoms with van der Waals surface area (Å²) >= 11 is 0. The minimum absolute atomic E-state index is 0.149. The number of carbonyl (C=O) groups excluding carboxylic acids is 4. The predicted octanol–water partition coefficient (Wildman–Crippen LogP) is 18.7. The molecule has 0 bridgehead atoms. The number of rotatable bonds is 32. The first-order valence-corrected chi connectivity index (χ1v) is 36.1. The zero-order valence-corrected chi connectivity index (χ0v) is 63.0. The molecule has 4 unspecified atom stereocenters. The summed E-state index contributed by atoms with van der Waals surface area (Å²) in [6, 6.07) is 67.6. The van der Waals surface area contributed by atoms with Crippen LogP contribution in [0.15, 0.2) is 206 Å². The topological polar surface area (TPSA) is 128 Å². The summed E-state index contributed by atoms with van der Waals surface area (Å²) < 4.78 is 21.8. The molecule has 12 nitrogen and oxygen atoms in total. The molecule has 0 spiro atoms. The summed E-state index contributed by atoms with van der Waals surface area (Å²) in [5.74, 6) is 0.930. The Kier molecular flexibility index (Phi) is 36.1. The van der Waals surface area contributed by atoms with Crippen molar-refractivity contribution in [1.82, 2.24) is 4.98 Å². The van der Waals surface area contributed by atoms with Crippen molar-refractivity contribution in [3.63, 3.8) is 0 Å². The van der Waals surface area contributed by atoms with Crippen molar-refractivity contribution in [1.29, 1.82) is 0 Å². The highest BCUT2D eigenvalue weighted by Gasteiger charge is 2.21. The van der Waals surface area contributed by atoms with Crippen LogP contribution in [0, 0.1) is 23.7 Å². The Hall–Kier alpha value is -9.03. The normalized spacial score (nSPS) is 12.1. The number of para-hydroxylation sites is 2. The molecule has 12 heteroatoms. The number of ether oxygens (including phenoxy) is 4. The molecule has 0 amide bonds. The standard InChI is InChI=1S/2C23H31NO2.C22H29NO2.C20H25NO2/c1-17(2)16-20-6-10-21(11-7-20)18(3)23(25)26-15-14-19-8-12-22(13-9-19)24(4)5;1-18(2)17-20-11-13-21(14-12-20)19(3)23(25)26-16-8-15-24(4)22-9-6-5-7-10-22;1-17(2)16-19-10-12-20(13-11-19)18(3)22(24)25-15-14-23(4)21-8-6-5-7-9-21;1-15(2)14-17-7-9-18(10-8-17)16(3)20(22)23-13-11-19-6-4-5-12-21-19/h6-13,17-18H,14-16H2,1-5H3;5-7,9-14,18-19H,8,15-17H2,1-4H3;5-13,17-18H,14-16H2,1-4H3;4-10,12,15-16H,11,13-14H2,1-3H3. The molecule has 0 aliphatic heterocycles. The fourth-order valence-corrected chi connectivity index (χ4v) is 11.1. The van der Waals surface area contributed by atoms with Gasteiger partial charge in [0.05, 0.1) is 50.0 Å². The van der Waals surface area contributed by atoms with Gasteiger partial charge in [0, 0.05) is 76.5 Å². The van der Waals surface area contributed by atoms with E-state index in [-0.39, 0.29) is 47.5 Å². The third-order valence-corrected chi connectivity index (χ3v) is 17.3. The number of esters is 4. The van der Waals surface area contributed by atoms with E-state index in [1.807, 2.05) is 164 Å². The number of pyridine rings is 1. The molecule has 7 aromatic carbocycles. The van der Waals surface area contributed by atoms with Crippen LogP contribution in [0.2, 0.25) is 0 Å². The highest BCUT2D eigenvalue weighted by Crippen LogP contribution is 2.25. The second-order valence-electron chi connectivity index (χ2n) is 28.2. The lowest BCUT2D eigenvalue weighted by Gasteiger charge is -2.20. The average molecular weight is 1360 g/mol. The summed E-state index contributed by atoms with van der Waals surface area (Å²) in [4.78, 5) is 59.6. The number of carbonyl (C=O) groups is 4. The number of hydrogen-bond donors (Lipinski definition) is 0. The number of likely N-dealkylation sites (N-methyl/N-ethyl adjacent to an activating group) is 1. The number of nitrogens with zero attached hydrogens (tertiary/aromatic N) is 4. The molecule has 0 saturated heterocycles. The fourth-order valence-electron chi connectivity index (χ4n) is 11.1. The summed E-state index contributed by atoms with van der Waals surface area (Å²) in [6.07, 6.45) is 8.19. The lowest BCUT2D eigenvalue weighted by Crippen LogP contribution is -2.25. The molecule has 8 aromatic rings. The van der Waals surface area contributed by atoms with Crippen LogP contribution in [0.5, 0.6) is 0 Å². The number of hydrogen-bond acceptors (Lipinski definition) is 12. The van der Waals surface area contributed by atoms with E-state index in [4.69, 9.17) is 18.9 Å². The highest BCUT2D eigenvalue weighted by atomic mass is 16.5. The predicted molar refractivity (Wildman–Crippen MR) is 414 cm³/mol.